The number of likely N-dealkylation sites (tertiary alicyclic amines) is 1. The summed E-state index contributed by atoms with van der Waals surface area (Å²) in [5.41, 5.74) is 0.913. The van der Waals surface area contributed by atoms with Crippen LogP contribution >= 0.6 is 11.6 Å². The van der Waals surface area contributed by atoms with Crippen LogP contribution in [0.25, 0.3) is 0 Å². The molecule has 1 N–H and O–H groups in total. The van der Waals surface area contributed by atoms with Crippen molar-refractivity contribution in [1.29, 1.82) is 0 Å². The quantitative estimate of drug-likeness (QED) is 0.891. The molecule has 2 aromatic rings. The van der Waals surface area contributed by atoms with E-state index in [4.69, 9.17) is 11.6 Å². The van der Waals surface area contributed by atoms with E-state index in [1.807, 2.05) is 18.2 Å². The van der Waals surface area contributed by atoms with Crippen LogP contribution in [0.2, 0.25) is 5.02 Å². The summed E-state index contributed by atoms with van der Waals surface area (Å²) < 4.78 is 1.44. The predicted octanol–water partition coefficient (Wildman–Crippen LogP) is 2.49. The Balaban J connectivity index is 1.83. The van der Waals surface area contributed by atoms with Crippen LogP contribution in [0.1, 0.15) is 28.8 Å². The van der Waals surface area contributed by atoms with Crippen molar-refractivity contribution in [3.8, 4) is 0 Å². The van der Waals surface area contributed by atoms with E-state index in [0.29, 0.717) is 30.0 Å². The smallest absolute Gasteiger partial charge is 0.308 e. The first-order valence-corrected chi connectivity index (χ1v) is 8.79. The number of piperidine rings is 1. The molecule has 7 heteroatoms. The van der Waals surface area contributed by atoms with Gasteiger partial charge in [-0.2, -0.15) is 0 Å². The average Bonchev–Trinajstić information content (AvgIpc) is 2.65. The highest BCUT2D eigenvalue weighted by Crippen LogP contribution is 2.19. The number of amides is 1. The summed E-state index contributed by atoms with van der Waals surface area (Å²) in [6.07, 6.45) is 2.74. The standard InChI is InChI=1S/C19H19ClN2O4/c20-16-6-2-1-4-13(16)10-22-11-14(7-8-17(22)23)18(24)21-9-3-5-15(12-21)19(25)26/h1-2,4,6-8,11,15H,3,5,9-10,12H2,(H,25,26)/t15-/m0/s1. The van der Waals surface area contributed by atoms with Crippen LogP contribution in [0, 0.1) is 5.92 Å². The normalized spacial score (nSPS) is 17.1. The van der Waals surface area contributed by atoms with Gasteiger partial charge in [-0.1, -0.05) is 29.8 Å². The molecule has 3 rings (SSSR count). The molecule has 1 fully saturated rings. The fourth-order valence-electron chi connectivity index (χ4n) is 3.14. The maximum atomic E-state index is 12.7. The number of nitrogens with zero attached hydrogens (tertiary/aromatic N) is 2. The van der Waals surface area contributed by atoms with Gasteiger partial charge in [0.15, 0.2) is 0 Å². The van der Waals surface area contributed by atoms with Crippen molar-refractivity contribution in [2.24, 2.45) is 5.92 Å². The van der Waals surface area contributed by atoms with Crippen molar-refractivity contribution in [3.63, 3.8) is 0 Å². The summed E-state index contributed by atoms with van der Waals surface area (Å²) >= 11 is 6.15. The van der Waals surface area contributed by atoms with Gasteiger partial charge in [-0.3, -0.25) is 14.4 Å². The van der Waals surface area contributed by atoms with E-state index in [-0.39, 0.29) is 24.6 Å². The Kier molecular flexibility index (Phi) is 5.42. The van der Waals surface area contributed by atoms with Crippen LogP contribution in [0.5, 0.6) is 0 Å². The fraction of sp³-hybridized carbons (Fsp3) is 0.316. The largest absolute Gasteiger partial charge is 0.481 e. The van der Waals surface area contributed by atoms with E-state index in [1.54, 1.807) is 11.0 Å². The molecular weight excluding hydrogens is 356 g/mol. The maximum Gasteiger partial charge on any atom is 0.308 e. The number of benzene rings is 1. The molecule has 136 valence electrons. The Morgan fingerprint density at radius 2 is 1.96 bits per heavy atom. The molecule has 1 atom stereocenters. The van der Waals surface area contributed by atoms with Crippen molar-refractivity contribution in [3.05, 3.63) is 69.1 Å². The molecule has 0 unspecified atom stereocenters. The number of hydrogen-bond acceptors (Lipinski definition) is 3. The maximum absolute atomic E-state index is 12.7. The number of carboxylic acid groups (broad SMARTS) is 1. The molecule has 0 bridgehead atoms. The zero-order valence-electron chi connectivity index (χ0n) is 14.1. The van der Waals surface area contributed by atoms with E-state index < -0.39 is 11.9 Å². The molecule has 1 aliphatic rings. The molecule has 1 amide bonds. The number of rotatable bonds is 4. The van der Waals surface area contributed by atoms with Crippen LogP contribution in [0.3, 0.4) is 0 Å². The van der Waals surface area contributed by atoms with E-state index >= 15 is 0 Å². The molecule has 0 radical (unpaired) electrons. The number of halogens is 1. The minimum atomic E-state index is -0.883. The summed E-state index contributed by atoms with van der Waals surface area (Å²) in [7, 11) is 0. The van der Waals surface area contributed by atoms with Gasteiger partial charge in [0.25, 0.3) is 11.5 Å². The summed E-state index contributed by atoms with van der Waals surface area (Å²) in [4.78, 5) is 37.6. The number of carbonyl (C=O) groups is 2. The number of carbonyl (C=O) groups excluding carboxylic acids is 1. The molecule has 1 aliphatic heterocycles. The van der Waals surface area contributed by atoms with Crippen LogP contribution in [-0.2, 0) is 11.3 Å². The summed E-state index contributed by atoms with van der Waals surface area (Å²) in [5, 5.41) is 9.74. The SMILES string of the molecule is O=C(O)[C@H]1CCCN(C(=O)c2ccc(=O)n(Cc3ccccc3Cl)c2)C1. The zero-order chi connectivity index (χ0) is 18.7. The first kappa shape index (κ1) is 18.2. The molecule has 0 saturated carbocycles. The van der Waals surface area contributed by atoms with Crippen LogP contribution < -0.4 is 5.56 Å². The molecule has 6 nitrogen and oxygen atoms in total. The number of aromatic nitrogens is 1. The topological polar surface area (TPSA) is 79.6 Å². The van der Waals surface area contributed by atoms with Crippen LogP contribution in [-0.4, -0.2) is 39.5 Å². The van der Waals surface area contributed by atoms with Crippen molar-refractivity contribution >= 4 is 23.5 Å². The van der Waals surface area contributed by atoms with Crippen LogP contribution in [0.15, 0.2) is 47.4 Å². The van der Waals surface area contributed by atoms with E-state index in [1.165, 1.54) is 22.9 Å². The van der Waals surface area contributed by atoms with Crippen molar-refractivity contribution < 1.29 is 14.7 Å². The van der Waals surface area contributed by atoms with Gasteiger partial charge in [0.05, 0.1) is 18.0 Å². The molecule has 0 aliphatic carbocycles. The highest BCUT2D eigenvalue weighted by Gasteiger charge is 2.28. The Hall–Kier alpha value is -2.60. The van der Waals surface area contributed by atoms with Gasteiger partial charge in [0.2, 0.25) is 0 Å². The third kappa shape index (κ3) is 3.96. The zero-order valence-corrected chi connectivity index (χ0v) is 14.9. The summed E-state index contributed by atoms with van der Waals surface area (Å²) in [6.45, 7) is 0.974. The molecule has 1 saturated heterocycles. The highest BCUT2D eigenvalue weighted by atomic mass is 35.5. The second kappa shape index (κ2) is 7.74. The minimum absolute atomic E-state index is 0.192. The molecule has 26 heavy (non-hydrogen) atoms. The number of hydrogen-bond donors (Lipinski definition) is 1. The summed E-state index contributed by atoms with van der Waals surface area (Å²) in [5.74, 6) is -1.68. The van der Waals surface area contributed by atoms with Crippen LogP contribution in [0.4, 0.5) is 0 Å². The number of pyridine rings is 1. The lowest BCUT2D eigenvalue weighted by Gasteiger charge is -2.30. The lowest BCUT2D eigenvalue weighted by Crippen LogP contribution is -2.42. The summed E-state index contributed by atoms with van der Waals surface area (Å²) in [6, 6.07) is 10.0. The predicted molar refractivity (Wildman–Crippen MR) is 97.5 cm³/mol. The first-order chi connectivity index (χ1) is 12.5. The molecule has 1 aromatic heterocycles. The molecule has 1 aromatic carbocycles. The van der Waals surface area contributed by atoms with Crippen molar-refractivity contribution in [2.45, 2.75) is 19.4 Å². The van der Waals surface area contributed by atoms with E-state index in [2.05, 4.69) is 0 Å². The fourth-order valence-corrected chi connectivity index (χ4v) is 3.33. The number of aliphatic carboxylic acids is 1. The van der Waals surface area contributed by atoms with Gasteiger partial charge in [-0.25, -0.2) is 0 Å². The second-order valence-electron chi connectivity index (χ2n) is 6.40. The Morgan fingerprint density at radius 1 is 1.19 bits per heavy atom. The average molecular weight is 375 g/mol. The van der Waals surface area contributed by atoms with Gasteiger partial charge in [0, 0.05) is 30.4 Å². The monoisotopic (exact) mass is 374 g/mol. The highest BCUT2D eigenvalue weighted by molar-refractivity contribution is 6.31. The van der Waals surface area contributed by atoms with Gasteiger partial charge in [-0.15, -0.1) is 0 Å². The van der Waals surface area contributed by atoms with Gasteiger partial charge >= 0.3 is 5.97 Å². The third-order valence-electron chi connectivity index (χ3n) is 4.59. The molecule has 2 heterocycles. The van der Waals surface area contributed by atoms with Gasteiger partial charge in [0.1, 0.15) is 0 Å². The molecular formula is C19H19ClN2O4. The minimum Gasteiger partial charge on any atom is -0.481 e. The van der Waals surface area contributed by atoms with E-state index in [0.717, 1.165) is 5.56 Å². The Labute approximate surface area is 155 Å². The van der Waals surface area contributed by atoms with Crippen molar-refractivity contribution in [2.75, 3.05) is 13.1 Å². The Bertz CT molecular complexity index is 893. The molecule has 0 spiro atoms. The third-order valence-corrected chi connectivity index (χ3v) is 4.96. The second-order valence-corrected chi connectivity index (χ2v) is 6.81. The van der Waals surface area contributed by atoms with Gasteiger partial charge < -0.3 is 14.6 Å². The van der Waals surface area contributed by atoms with E-state index in [9.17, 15) is 19.5 Å². The number of carboxylic acids is 1. The van der Waals surface area contributed by atoms with Crippen molar-refractivity contribution in [1.82, 2.24) is 9.47 Å². The van der Waals surface area contributed by atoms with Gasteiger partial charge in [-0.05, 0) is 30.5 Å². The lowest BCUT2D eigenvalue weighted by molar-refractivity contribution is -0.143. The lowest BCUT2D eigenvalue weighted by atomic mass is 9.98. The first-order valence-electron chi connectivity index (χ1n) is 8.41. The Morgan fingerprint density at radius 3 is 2.69 bits per heavy atom.